The SMILES string of the molecule is CC(C)C1=C2C3CCC4[C@@](C)(CCC5C(C)(C)[C@@H](OC(=O)CC(C)(C)C(=O)O)CC[C@@]54C)C3CC[C@@]2(NC(=O)C(C)N(C)C)CC1=O. The summed E-state index contributed by atoms with van der Waals surface area (Å²) in [5.41, 5.74) is 0.504. The van der Waals surface area contributed by atoms with Gasteiger partial charge in [-0.1, -0.05) is 41.5 Å². The maximum absolute atomic E-state index is 13.8. The first-order valence-corrected chi connectivity index (χ1v) is 18.3. The third-order valence-electron chi connectivity index (χ3n) is 14.5. The molecule has 0 aromatic carbocycles. The smallest absolute Gasteiger partial charge is 0.309 e. The van der Waals surface area contributed by atoms with Crippen LogP contribution in [0.5, 0.6) is 0 Å². The molecule has 9 atom stereocenters. The molecule has 0 spiro atoms. The predicted molar refractivity (Wildman–Crippen MR) is 182 cm³/mol. The highest BCUT2D eigenvalue weighted by Crippen LogP contribution is 2.72. The van der Waals surface area contributed by atoms with Gasteiger partial charge in [-0.15, -0.1) is 0 Å². The molecule has 0 aromatic heterocycles. The minimum absolute atomic E-state index is 0.00267. The number of aliphatic carboxylic acids is 1. The Morgan fingerprint density at radius 1 is 0.936 bits per heavy atom. The molecule has 47 heavy (non-hydrogen) atoms. The second-order valence-electron chi connectivity index (χ2n) is 18.5. The summed E-state index contributed by atoms with van der Waals surface area (Å²) in [4.78, 5) is 53.9. The quantitative estimate of drug-likeness (QED) is 0.277. The third kappa shape index (κ3) is 5.70. The van der Waals surface area contributed by atoms with Gasteiger partial charge in [0.05, 0.1) is 23.4 Å². The number of esters is 1. The molecule has 5 rings (SSSR count). The Hall–Kier alpha value is -2.22. The summed E-state index contributed by atoms with van der Waals surface area (Å²) in [5.74, 6) is 0.605. The van der Waals surface area contributed by atoms with E-state index in [9.17, 15) is 24.3 Å². The van der Waals surface area contributed by atoms with Crippen molar-refractivity contribution in [2.24, 2.45) is 51.2 Å². The number of hydrogen-bond acceptors (Lipinski definition) is 6. The van der Waals surface area contributed by atoms with Gasteiger partial charge < -0.3 is 15.2 Å². The van der Waals surface area contributed by atoms with Gasteiger partial charge in [0, 0.05) is 11.8 Å². The number of rotatable bonds is 8. The molecule has 5 aliphatic carbocycles. The van der Waals surface area contributed by atoms with Crippen molar-refractivity contribution in [3.63, 3.8) is 0 Å². The molecular formula is C39H62N2O6. The van der Waals surface area contributed by atoms with Crippen LogP contribution in [0.4, 0.5) is 0 Å². The monoisotopic (exact) mass is 654 g/mol. The maximum atomic E-state index is 13.8. The van der Waals surface area contributed by atoms with E-state index in [1.807, 2.05) is 25.9 Å². The van der Waals surface area contributed by atoms with Gasteiger partial charge >= 0.3 is 11.9 Å². The van der Waals surface area contributed by atoms with Crippen molar-refractivity contribution in [3.05, 3.63) is 11.1 Å². The molecule has 5 unspecified atom stereocenters. The lowest BCUT2D eigenvalue weighted by molar-refractivity contribution is -0.213. The molecule has 0 bridgehead atoms. The van der Waals surface area contributed by atoms with Crippen LogP contribution in [0.2, 0.25) is 0 Å². The number of carbonyl (C=O) groups is 4. The van der Waals surface area contributed by atoms with Crippen LogP contribution in [-0.4, -0.2) is 65.4 Å². The molecule has 264 valence electrons. The van der Waals surface area contributed by atoms with E-state index < -0.39 is 22.9 Å². The lowest BCUT2D eigenvalue weighted by atomic mass is 9.37. The Morgan fingerprint density at radius 3 is 2.17 bits per heavy atom. The molecule has 0 aromatic rings. The summed E-state index contributed by atoms with van der Waals surface area (Å²) in [7, 11) is 3.85. The zero-order valence-corrected chi connectivity index (χ0v) is 31.0. The van der Waals surface area contributed by atoms with Crippen LogP contribution in [0.25, 0.3) is 0 Å². The Labute approximate surface area is 283 Å². The topological polar surface area (TPSA) is 113 Å². The minimum Gasteiger partial charge on any atom is -0.481 e. The van der Waals surface area contributed by atoms with Crippen LogP contribution >= 0.6 is 0 Å². The normalized spacial score (nSPS) is 38.7. The zero-order valence-electron chi connectivity index (χ0n) is 31.0. The standard InChI is InChI=1S/C39H62N2O6/c1-22(2)31-26(42)20-39(40-33(44)23(3)41(10)11)19-14-25-24(32(31)39)12-13-28-37(25,8)17-15-27-36(6,7)29(16-18-38(27,28)9)47-30(43)21-35(4,5)34(45)46/h22-25,27-29H,12-21H2,1-11H3,(H,40,44)(H,45,46)/t23?,24?,25?,27?,28?,29-,37-,38-,39+/m0/s1. The van der Waals surface area contributed by atoms with Crippen molar-refractivity contribution in [1.82, 2.24) is 10.2 Å². The number of fused-ring (bicyclic) bond motifs is 7. The van der Waals surface area contributed by atoms with Crippen molar-refractivity contribution in [2.45, 2.75) is 144 Å². The summed E-state index contributed by atoms with van der Waals surface area (Å²) in [6, 6.07) is -0.272. The Kier molecular flexibility index (Phi) is 9.19. The fraction of sp³-hybridized carbons (Fsp3) is 0.846. The number of nitrogens with zero attached hydrogens (tertiary/aromatic N) is 1. The van der Waals surface area contributed by atoms with E-state index in [1.165, 1.54) is 5.57 Å². The molecule has 8 nitrogen and oxygen atoms in total. The van der Waals surface area contributed by atoms with Gasteiger partial charge in [0.2, 0.25) is 5.91 Å². The number of carbonyl (C=O) groups excluding carboxylic acids is 3. The van der Waals surface area contributed by atoms with Crippen molar-refractivity contribution in [2.75, 3.05) is 14.1 Å². The highest BCUT2D eigenvalue weighted by Gasteiger charge is 2.67. The molecule has 1 amide bonds. The number of carboxylic acids is 1. The lowest BCUT2D eigenvalue weighted by Gasteiger charge is -2.68. The average molecular weight is 655 g/mol. The van der Waals surface area contributed by atoms with E-state index in [2.05, 4.69) is 46.9 Å². The summed E-state index contributed by atoms with van der Waals surface area (Å²) in [5, 5.41) is 13.0. The number of allylic oxidation sites excluding steroid dienone is 1. The Balaban J connectivity index is 1.42. The molecule has 0 aliphatic heterocycles. The molecule has 0 radical (unpaired) electrons. The molecule has 0 saturated heterocycles. The molecule has 4 saturated carbocycles. The molecule has 8 heteroatoms. The van der Waals surface area contributed by atoms with Gasteiger partial charge in [-0.25, -0.2) is 0 Å². The average Bonchev–Trinajstić information content (AvgIpc) is 3.25. The number of hydrogen-bond donors (Lipinski definition) is 2. The van der Waals surface area contributed by atoms with Crippen molar-refractivity contribution >= 4 is 23.6 Å². The second-order valence-corrected chi connectivity index (χ2v) is 18.5. The van der Waals surface area contributed by atoms with Crippen LogP contribution in [0, 0.1) is 51.2 Å². The van der Waals surface area contributed by atoms with Crippen molar-refractivity contribution in [1.29, 1.82) is 0 Å². The minimum atomic E-state index is -1.16. The fourth-order valence-corrected chi connectivity index (χ4v) is 11.8. The number of carboxylic acid groups (broad SMARTS) is 1. The van der Waals surface area contributed by atoms with E-state index >= 15 is 0 Å². The number of ketones is 1. The van der Waals surface area contributed by atoms with Crippen LogP contribution in [0.15, 0.2) is 11.1 Å². The first kappa shape index (κ1) is 36.1. The van der Waals surface area contributed by atoms with Gasteiger partial charge in [0.1, 0.15) is 6.10 Å². The van der Waals surface area contributed by atoms with Crippen LogP contribution in [0.1, 0.15) is 127 Å². The largest absolute Gasteiger partial charge is 0.481 e. The first-order valence-electron chi connectivity index (χ1n) is 18.3. The summed E-state index contributed by atoms with van der Waals surface area (Å²) < 4.78 is 6.12. The van der Waals surface area contributed by atoms with E-state index in [1.54, 1.807) is 13.8 Å². The number of nitrogens with one attached hydrogen (secondary N) is 1. The zero-order chi connectivity index (χ0) is 35.1. The van der Waals surface area contributed by atoms with Crippen molar-refractivity contribution < 1.29 is 29.0 Å². The summed E-state index contributed by atoms with van der Waals surface area (Å²) >= 11 is 0. The van der Waals surface area contributed by atoms with E-state index in [0.717, 1.165) is 56.9 Å². The van der Waals surface area contributed by atoms with E-state index in [4.69, 9.17) is 4.74 Å². The number of likely N-dealkylation sites (N-methyl/N-ethyl adjacent to an activating group) is 1. The van der Waals surface area contributed by atoms with E-state index in [0.29, 0.717) is 30.1 Å². The van der Waals surface area contributed by atoms with Crippen LogP contribution in [-0.2, 0) is 23.9 Å². The molecule has 5 aliphatic rings. The van der Waals surface area contributed by atoms with Crippen molar-refractivity contribution in [3.8, 4) is 0 Å². The van der Waals surface area contributed by atoms with Gasteiger partial charge in [0.15, 0.2) is 5.78 Å². The molecule has 4 fully saturated rings. The highest BCUT2D eigenvalue weighted by molar-refractivity contribution is 6.02. The number of amides is 1. The molecule has 0 heterocycles. The lowest BCUT2D eigenvalue weighted by Crippen LogP contribution is -2.64. The maximum Gasteiger partial charge on any atom is 0.309 e. The highest BCUT2D eigenvalue weighted by atomic mass is 16.5. The van der Waals surface area contributed by atoms with Crippen LogP contribution < -0.4 is 5.32 Å². The van der Waals surface area contributed by atoms with Gasteiger partial charge in [-0.2, -0.15) is 0 Å². The third-order valence-corrected chi connectivity index (χ3v) is 14.5. The summed E-state index contributed by atoms with van der Waals surface area (Å²) in [6.07, 6.45) is 7.93. The molecule has 2 N–H and O–H groups in total. The summed E-state index contributed by atoms with van der Waals surface area (Å²) in [6.45, 7) is 18.9. The van der Waals surface area contributed by atoms with Crippen LogP contribution in [0.3, 0.4) is 0 Å². The van der Waals surface area contributed by atoms with Gasteiger partial charge in [-0.05, 0) is 138 Å². The van der Waals surface area contributed by atoms with E-state index in [-0.39, 0.29) is 52.4 Å². The first-order chi connectivity index (χ1) is 21.6. The molecular weight excluding hydrogens is 592 g/mol. The number of Topliss-reactive ketones (excluding diaryl/α,β-unsaturated/α-hetero) is 1. The van der Waals surface area contributed by atoms with Gasteiger partial charge in [-0.3, -0.25) is 24.1 Å². The Bertz CT molecular complexity index is 1350. The van der Waals surface area contributed by atoms with Gasteiger partial charge in [0.25, 0.3) is 0 Å². The predicted octanol–water partition coefficient (Wildman–Crippen LogP) is 6.81. The number of ether oxygens (including phenoxy) is 1. The Morgan fingerprint density at radius 2 is 1.57 bits per heavy atom. The second kappa shape index (κ2) is 12.0. The fourth-order valence-electron chi connectivity index (χ4n) is 11.8.